The van der Waals surface area contributed by atoms with Gasteiger partial charge in [-0.25, -0.2) is 0 Å². The van der Waals surface area contributed by atoms with Crippen LogP contribution >= 0.6 is 0 Å². The molecule has 2 atom stereocenters. The van der Waals surface area contributed by atoms with E-state index in [1.807, 2.05) is 18.7 Å². The van der Waals surface area contributed by atoms with Crippen LogP contribution in [0.2, 0.25) is 0 Å². The Morgan fingerprint density at radius 2 is 2.19 bits per heavy atom. The van der Waals surface area contributed by atoms with E-state index in [2.05, 4.69) is 0 Å². The number of aliphatic carboxylic acids is 1. The van der Waals surface area contributed by atoms with Crippen molar-refractivity contribution in [1.82, 2.24) is 4.90 Å². The molecule has 1 heterocycles. The van der Waals surface area contributed by atoms with E-state index in [0.29, 0.717) is 13.0 Å². The van der Waals surface area contributed by atoms with E-state index >= 15 is 0 Å². The molecule has 0 saturated carbocycles. The van der Waals surface area contributed by atoms with Gasteiger partial charge in [-0.3, -0.25) is 9.59 Å². The average Bonchev–Trinajstić information content (AvgIpc) is 2.36. The fourth-order valence-electron chi connectivity index (χ4n) is 2.72. The molecule has 0 unspecified atom stereocenters. The molecule has 1 aliphatic heterocycles. The smallest absolute Gasteiger partial charge is 0.303 e. The first-order valence-electron chi connectivity index (χ1n) is 6.11. The van der Waals surface area contributed by atoms with Crippen LogP contribution < -0.4 is 0 Å². The molecule has 1 aliphatic rings. The van der Waals surface area contributed by atoms with Gasteiger partial charge in [0.2, 0.25) is 5.91 Å². The van der Waals surface area contributed by atoms with Crippen LogP contribution in [0.1, 0.15) is 46.0 Å². The lowest BCUT2D eigenvalue weighted by Crippen LogP contribution is -2.42. The molecule has 0 bridgehead atoms. The van der Waals surface area contributed by atoms with Crippen molar-refractivity contribution in [2.75, 3.05) is 6.54 Å². The summed E-state index contributed by atoms with van der Waals surface area (Å²) in [5.74, 6) is -0.454. The van der Waals surface area contributed by atoms with Gasteiger partial charge >= 0.3 is 5.97 Å². The van der Waals surface area contributed by atoms with E-state index in [0.717, 1.165) is 19.3 Å². The maximum absolute atomic E-state index is 11.8. The van der Waals surface area contributed by atoms with Crippen molar-refractivity contribution < 1.29 is 14.7 Å². The molecule has 1 saturated heterocycles. The Balaban J connectivity index is 2.82. The molecular formula is C12H21NO3. The second kappa shape index (κ2) is 5.87. The Kier molecular flexibility index (Phi) is 4.77. The van der Waals surface area contributed by atoms with Crippen molar-refractivity contribution in [2.45, 2.75) is 52.0 Å². The zero-order valence-corrected chi connectivity index (χ0v) is 10.1. The van der Waals surface area contributed by atoms with E-state index in [1.165, 1.54) is 0 Å². The van der Waals surface area contributed by atoms with E-state index in [-0.39, 0.29) is 24.3 Å². The van der Waals surface area contributed by atoms with Crippen LogP contribution in [0.5, 0.6) is 0 Å². The van der Waals surface area contributed by atoms with Crippen LogP contribution in [-0.4, -0.2) is 34.5 Å². The lowest BCUT2D eigenvalue weighted by atomic mass is 9.90. The molecule has 0 aliphatic carbocycles. The molecule has 1 rings (SSSR count). The van der Waals surface area contributed by atoms with Crippen molar-refractivity contribution >= 4 is 11.9 Å². The first-order valence-corrected chi connectivity index (χ1v) is 6.11. The standard InChI is InChI=1S/C12H21NO3/c1-3-10-9(8-12(15)16)6-5-7-11(14)13(10)4-2/h9-10H,3-8H2,1-2H3,(H,15,16)/t9-,10-/m1/s1. The Morgan fingerprint density at radius 3 is 2.69 bits per heavy atom. The van der Waals surface area contributed by atoms with Gasteiger partial charge in [-0.1, -0.05) is 6.92 Å². The third kappa shape index (κ3) is 2.97. The van der Waals surface area contributed by atoms with E-state index in [9.17, 15) is 9.59 Å². The van der Waals surface area contributed by atoms with Gasteiger partial charge in [0.15, 0.2) is 0 Å². The normalized spacial score (nSPS) is 26.6. The third-order valence-electron chi connectivity index (χ3n) is 3.43. The van der Waals surface area contributed by atoms with Crippen molar-refractivity contribution in [3.8, 4) is 0 Å². The Hall–Kier alpha value is -1.06. The zero-order chi connectivity index (χ0) is 12.1. The van der Waals surface area contributed by atoms with Gasteiger partial charge in [0, 0.05) is 19.0 Å². The SMILES string of the molecule is CC[C@@H]1[C@@H](CC(=O)O)CCCC(=O)N1CC. The number of carbonyl (C=O) groups excluding carboxylic acids is 1. The maximum Gasteiger partial charge on any atom is 0.303 e. The Bertz CT molecular complexity index is 265. The third-order valence-corrected chi connectivity index (χ3v) is 3.43. The van der Waals surface area contributed by atoms with Crippen LogP contribution in [0.15, 0.2) is 0 Å². The highest BCUT2D eigenvalue weighted by Gasteiger charge is 2.32. The summed E-state index contributed by atoms with van der Waals surface area (Å²) >= 11 is 0. The summed E-state index contributed by atoms with van der Waals surface area (Å²) in [6.45, 7) is 4.68. The van der Waals surface area contributed by atoms with Gasteiger partial charge in [-0.15, -0.1) is 0 Å². The fraction of sp³-hybridized carbons (Fsp3) is 0.833. The monoisotopic (exact) mass is 227 g/mol. The summed E-state index contributed by atoms with van der Waals surface area (Å²) in [6, 6.07) is 0.107. The molecule has 0 aromatic rings. The topological polar surface area (TPSA) is 57.6 Å². The number of hydrogen-bond donors (Lipinski definition) is 1. The number of carboxylic acids is 1. The molecule has 4 nitrogen and oxygen atoms in total. The quantitative estimate of drug-likeness (QED) is 0.797. The van der Waals surface area contributed by atoms with Crippen molar-refractivity contribution in [3.05, 3.63) is 0 Å². The van der Waals surface area contributed by atoms with Gasteiger partial charge in [0.1, 0.15) is 0 Å². The van der Waals surface area contributed by atoms with Gasteiger partial charge < -0.3 is 10.0 Å². The van der Waals surface area contributed by atoms with Crippen LogP contribution in [0.25, 0.3) is 0 Å². The molecule has 1 fully saturated rings. The largest absolute Gasteiger partial charge is 0.481 e. The van der Waals surface area contributed by atoms with Crippen molar-refractivity contribution in [3.63, 3.8) is 0 Å². The van der Waals surface area contributed by atoms with Gasteiger partial charge in [0.25, 0.3) is 0 Å². The molecule has 1 amide bonds. The first-order chi connectivity index (χ1) is 7.60. The van der Waals surface area contributed by atoms with Crippen LogP contribution in [0.3, 0.4) is 0 Å². The lowest BCUT2D eigenvalue weighted by molar-refractivity contribution is -0.140. The molecular weight excluding hydrogens is 206 g/mol. The molecule has 0 radical (unpaired) electrons. The number of likely N-dealkylation sites (tertiary alicyclic amines) is 1. The molecule has 0 spiro atoms. The van der Waals surface area contributed by atoms with Gasteiger partial charge in [0.05, 0.1) is 6.42 Å². The van der Waals surface area contributed by atoms with Crippen LogP contribution in [0, 0.1) is 5.92 Å². The maximum atomic E-state index is 11.8. The zero-order valence-electron chi connectivity index (χ0n) is 10.1. The molecule has 92 valence electrons. The number of hydrogen-bond acceptors (Lipinski definition) is 2. The Labute approximate surface area is 96.6 Å². The number of nitrogens with zero attached hydrogens (tertiary/aromatic N) is 1. The highest BCUT2D eigenvalue weighted by molar-refractivity contribution is 5.77. The minimum atomic E-state index is -0.756. The minimum absolute atomic E-state index is 0.107. The highest BCUT2D eigenvalue weighted by atomic mass is 16.4. The van der Waals surface area contributed by atoms with Crippen LogP contribution in [-0.2, 0) is 9.59 Å². The number of carbonyl (C=O) groups is 2. The molecule has 0 aromatic heterocycles. The Morgan fingerprint density at radius 1 is 1.50 bits per heavy atom. The predicted octanol–water partition coefficient (Wildman–Crippen LogP) is 1.89. The first kappa shape index (κ1) is 13.0. The summed E-state index contributed by atoms with van der Waals surface area (Å²) in [4.78, 5) is 24.5. The highest BCUT2D eigenvalue weighted by Crippen LogP contribution is 2.28. The van der Waals surface area contributed by atoms with Gasteiger partial charge in [-0.2, -0.15) is 0 Å². The number of amides is 1. The van der Waals surface area contributed by atoms with Crippen molar-refractivity contribution in [2.24, 2.45) is 5.92 Å². The average molecular weight is 227 g/mol. The molecule has 4 heteroatoms. The molecule has 16 heavy (non-hydrogen) atoms. The van der Waals surface area contributed by atoms with Gasteiger partial charge in [-0.05, 0) is 32.1 Å². The lowest BCUT2D eigenvalue weighted by Gasteiger charge is -2.33. The predicted molar refractivity (Wildman–Crippen MR) is 61.1 cm³/mol. The summed E-state index contributed by atoms with van der Waals surface area (Å²) < 4.78 is 0. The summed E-state index contributed by atoms with van der Waals surface area (Å²) in [7, 11) is 0. The second-order valence-electron chi connectivity index (χ2n) is 4.41. The molecule has 0 aromatic carbocycles. The summed E-state index contributed by atoms with van der Waals surface area (Å²) in [6.07, 6.45) is 3.27. The number of rotatable bonds is 4. The minimum Gasteiger partial charge on any atom is -0.481 e. The molecule has 1 N–H and O–H groups in total. The van der Waals surface area contributed by atoms with E-state index < -0.39 is 5.97 Å². The second-order valence-corrected chi connectivity index (χ2v) is 4.41. The summed E-state index contributed by atoms with van der Waals surface area (Å²) in [5.41, 5.74) is 0. The fourth-order valence-corrected chi connectivity index (χ4v) is 2.72. The van der Waals surface area contributed by atoms with E-state index in [1.54, 1.807) is 0 Å². The van der Waals surface area contributed by atoms with Crippen molar-refractivity contribution in [1.29, 1.82) is 0 Å². The summed E-state index contributed by atoms with van der Waals surface area (Å²) in [5, 5.41) is 8.89. The number of carboxylic acid groups (broad SMARTS) is 1. The van der Waals surface area contributed by atoms with E-state index in [4.69, 9.17) is 5.11 Å². The van der Waals surface area contributed by atoms with Crippen LogP contribution in [0.4, 0.5) is 0 Å².